The summed E-state index contributed by atoms with van der Waals surface area (Å²) >= 11 is 0. The average Bonchev–Trinajstić information content (AvgIpc) is 2.15. The second-order valence-electron chi connectivity index (χ2n) is 4.91. The standard InChI is InChI=1S/C10H16O6/c1-8(4-6(11)12)5-9(2,15)10(3,16-8)7(13)14/h15H,4-5H2,1-3H3,(H,11,12)(H,13,14)/t8-,9-,10+/m1/s1. The molecule has 0 unspecified atom stereocenters. The Morgan fingerprint density at radius 3 is 2.06 bits per heavy atom. The minimum absolute atomic E-state index is 0.0326. The van der Waals surface area contributed by atoms with Crippen molar-refractivity contribution in [1.29, 1.82) is 0 Å². The van der Waals surface area contributed by atoms with Crippen molar-refractivity contribution in [3.05, 3.63) is 0 Å². The highest BCUT2D eigenvalue weighted by Crippen LogP contribution is 2.46. The van der Waals surface area contributed by atoms with Gasteiger partial charge in [0.05, 0.1) is 12.0 Å². The van der Waals surface area contributed by atoms with Crippen LogP contribution in [0.15, 0.2) is 0 Å². The van der Waals surface area contributed by atoms with E-state index in [0.717, 1.165) is 0 Å². The molecule has 0 spiro atoms. The molecule has 1 heterocycles. The fourth-order valence-electron chi connectivity index (χ4n) is 2.23. The molecule has 0 saturated carbocycles. The highest BCUT2D eigenvalue weighted by molar-refractivity contribution is 5.80. The number of rotatable bonds is 3. The van der Waals surface area contributed by atoms with Crippen LogP contribution in [0.1, 0.15) is 33.6 Å². The quantitative estimate of drug-likeness (QED) is 0.643. The van der Waals surface area contributed by atoms with Gasteiger partial charge in [-0.05, 0) is 20.8 Å². The lowest BCUT2D eigenvalue weighted by Crippen LogP contribution is -2.52. The molecule has 0 aromatic carbocycles. The molecule has 16 heavy (non-hydrogen) atoms. The van der Waals surface area contributed by atoms with Crippen LogP contribution in [0.5, 0.6) is 0 Å². The highest BCUT2D eigenvalue weighted by atomic mass is 16.6. The van der Waals surface area contributed by atoms with Gasteiger partial charge in [-0.2, -0.15) is 0 Å². The summed E-state index contributed by atoms with van der Waals surface area (Å²) in [6.07, 6.45) is -0.374. The molecular formula is C10H16O6. The second-order valence-corrected chi connectivity index (χ2v) is 4.91. The zero-order valence-corrected chi connectivity index (χ0v) is 9.48. The van der Waals surface area contributed by atoms with Crippen molar-refractivity contribution in [1.82, 2.24) is 0 Å². The molecule has 0 amide bonds. The fourth-order valence-corrected chi connectivity index (χ4v) is 2.23. The molecule has 92 valence electrons. The number of ether oxygens (including phenoxy) is 1. The Hall–Kier alpha value is -1.14. The molecule has 3 N–H and O–H groups in total. The fraction of sp³-hybridized carbons (Fsp3) is 0.800. The lowest BCUT2D eigenvalue weighted by Gasteiger charge is -2.31. The van der Waals surface area contributed by atoms with Gasteiger partial charge in [0.15, 0.2) is 5.60 Å². The normalized spacial score (nSPS) is 43.2. The summed E-state index contributed by atoms with van der Waals surface area (Å²) in [5.41, 5.74) is -4.54. The van der Waals surface area contributed by atoms with Gasteiger partial charge in [0.1, 0.15) is 5.60 Å². The van der Waals surface area contributed by atoms with Crippen molar-refractivity contribution in [3.63, 3.8) is 0 Å². The minimum atomic E-state index is -1.78. The number of hydrogen-bond acceptors (Lipinski definition) is 4. The molecule has 1 aliphatic rings. The van der Waals surface area contributed by atoms with Crippen LogP contribution in [-0.2, 0) is 14.3 Å². The third-order valence-corrected chi connectivity index (χ3v) is 3.13. The number of carbonyl (C=O) groups is 2. The first-order valence-corrected chi connectivity index (χ1v) is 4.90. The minimum Gasteiger partial charge on any atom is -0.481 e. The van der Waals surface area contributed by atoms with E-state index < -0.39 is 28.7 Å². The average molecular weight is 232 g/mol. The Kier molecular flexibility index (Phi) is 2.77. The lowest BCUT2D eigenvalue weighted by molar-refractivity contribution is -0.189. The molecule has 0 aromatic rings. The molecule has 0 radical (unpaired) electrons. The lowest BCUT2D eigenvalue weighted by atomic mass is 9.82. The Morgan fingerprint density at radius 2 is 1.75 bits per heavy atom. The molecule has 6 heteroatoms. The summed E-state index contributed by atoms with van der Waals surface area (Å²) in [4.78, 5) is 21.7. The van der Waals surface area contributed by atoms with Crippen LogP contribution in [-0.4, -0.2) is 44.1 Å². The van der Waals surface area contributed by atoms with E-state index in [0.29, 0.717) is 0 Å². The molecule has 1 aliphatic heterocycles. The molecule has 0 aliphatic carbocycles. The molecular weight excluding hydrogens is 216 g/mol. The molecule has 0 aromatic heterocycles. The van der Waals surface area contributed by atoms with Crippen LogP contribution >= 0.6 is 0 Å². The van der Waals surface area contributed by atoms with Crippen LogP contribution in [0.4, 0.5) is 0 Å². The maximum atomic E-state index is 11.1. The van der Waals surface area contributed by atoms with Gasteiger partial charge < -0.3 is 20.1 Å². The Balaban J connectivity index is 3.03. The van der Waals surface area contributed by atoms with Crippen molar-refractivity contribution < 1.29 is 29.6 Å². The monoisotopic (exact) mass is 232 g/mol. The van der Waals surface area contributed by atoms with Crippen LogP contribution in [0.2, 0.25) is 0 Å². The smallest absolute Gasteiger partial charge is 0.338 e. The van der Waals surface area contributed by atoms with E-state index in [1.165, 1.54) is 20.8 Å². The van der Waals surface area contributed by atoms with Gasteiger partial charge in [-0.15, -0.1) is 0 Å². The van der Waals surface area contributed by atoms with Crippen LogP contribution in [0.25, 0.3) is 0 Å². The first-order valence-electron chi connectivity index (χ1n) is 4.90. The van der Waals surface area contributed by atoms with Gasteiger partial charge in [-0.3, -0.25) is 4.79 Å². The molecule has 0 bridgehead atoms. The summed E-state index contributed by atoms with van der Waals surface area (Å²) in [6.45, 7) is 4.08. The molecule has 1 fully saturated rings. The maximum absolute atomic E-state index is 11.1. The number of carboxylic acid groups (broad SMARTS) is 2. The highest BCUT2D eigenvalue weighted by Gasteiger charge is 2.62. The van der Waals surface area contributed by atoms with E-state index in [4.69, 9.17) is 14.9 Å². The zero-order valence-electron chi connectivity index (χ0n) is 9.48. The predicted molar refractivity (Wildman–Crippen MR) is 53.0 cm³/mol. The summed E-state index contributed by atoms with van der Waals surface area (Å²) in [6, 6.07) is 0. The topological polar surface area (TPSA) is 104 Å². The van der Waals surface area contributed by atoms with Crippen molar-refractivity contribution in [2.75, 3.05) is 0 Å². The van der Waals surface area contributed by atoms with E-state index in [-0.39, 0.29) is 12.8 Å². The zero-order chi connectivity index (χ0) is 12.8. The van der Waals surface area contributed by atoms with Crippen molar-refractivity contribution in [2.45, 2.75) is 50.4 Å². The third-order valence-electron chi connectivity index (χ3n) is 3.13. The van der Waals surface area contributed by atoms with Gasteiger partial charge in [0.25, 0.3) is 0 Å². The first kappa shape index (κ1) is 12.9. The van der Waals surface area contributed by atoms with E-state index in [2.05, 4.69) is 0 Å². The number of aliphatic hydroxyl groups is 1. The van der Waals surface area contributed by atoms with Crippen LogP contribution in [0, 0.1) is 0 Å². The Bertz CT molecular complexity index is 336. The molecule has 1 saturated heterocycles. The Labute approximate surface area is 92.8 Å². The van der Waals surface area contributed by atoms with Crippen molar-refractivity contribution in [2.24, 2.45) is 0 Å². The first-order chi connectivity index (χ1) is 7.02. The number of carboxylic acids is 2. The summed E-state index contributed by atoms with van der Waals surface area (Å²) in [7, 11) is 0. The Morgan fingerprint density at radius 1 is 1.25 bits per heavy atom. The number of aliphatic carboxylic acids is 2. The predicted octanol–water partition coefficient (Wildman–Crippen LogP) is 0.234. The number of hydrogen-bond donors (Lipinski definition) is 3. The van der Waals surface area contributed by atoms with E-state index in [1.54, 1.807) is 0 Å². The largest absolute Gasteiger partial charge is 0.481 e. The molecule has 6 nitrogen and oxygen atoms in total. The second kappa shape index (κ2) is 3.43. The summed E-state index contributed by atoms with van der Waals surface area (Å²) < 4.78 is 5.29. The van der Waals surface area contributed by atoms with Gasteiger partial charge >= 0.3 is 11.9 Å². The van der Waals surface area contributed by atoms with Crippen LogP contribution < -0.4 is 0 Å². The van der Waals surface area contributed by atoms with E-state index in [1.807, 2.05) is 0 Å². The van der Waals surface area contributed by atoms with Crippen molar-refractivity contribution >= 4 is 11.9 Å². The van der Waals surface area contributed by atoms with Crippen LogP contribution in [0.3, 0.4) is 0 Å². The van der Waals surface area contributed by atoms with Gasteiger partial charge in [0.2, 0.25) is 0 Å². The maximum Gasteiger partial charge on any atom is 0.338 e. The van der Waals surface area contributed by atoms with E-state index >= 15 is 0 Å². The van der Waals surface area contributed by atoms with Crippen molar-refractivity contribution in [3.8, 4) is 0 Å². The SMILES string of the molecule is C[C@@]1(CC(=O)O)C[C@@](C)(O)[C@](C)(C(=O)O)O1. The van der Waals surface area contributed by atoms with Gasteiger partial charge in [-0.25, -0.2) is 4.79 Å². The third kappa shape index (κ3) is 1.90. The summed E-state index contributed by atoms with van der Waals surface area (Å²) in [5, 5.41) is 27.8. The molecule has 3 atom stereocenters. The molecule has 1 rings (SSSR count). The van der Waals surface area contributed by atoms with Gasteiger partial charge in [-0.1, -0.05) is 0 Å². The van der Waals surface area contributed by atoms with Gasteiger partial charge in [0, 0.05) is 6.42 Å². The summed E-state index contributed by atoms with van der Waals surface area (Å²) in [5.74, 6) is -2.39. The van der Waals surface area contributed by atoms with E-state index in [9.17, 15) is 14.7 Å².